The molecule has 0 aliphatic carbocycles. The van der Waals surface area contributed by atoms with E-state index in [1.54, 1.807) is 30.6 Å². The molecule has 0 aliphatic heterocycles. The van der Waals surface area contributed by atoms with E-state index in [9.17, 15) is 4.79 Å². The molecule has 2 aromatic rings. The van der Waals surface area contributed by atoms with Crippen LogP contribution in [0.4, 0.5) is 5.69 Å². The predicted molar refractivity (Wildman–Crippen MR) is 78.1 cm³/mol. The smallest absolute Gasteiger partial charge is 0.248 e. The first-order chi connectivity index (χ1) is 9.15. The highest BCUT2D eigenvalue weighted by Gasteiger charge is 2.02. The van der Waals surface area contributed by atoms with Crippen LogP contribution < -0.4 is 5.32 Å². The van der Waals surface area contributed by atoms with E-state index in [2.05, 4.69) is 10.3 Å². The second-order valence-corrected chi connectivity index (χ2v) is 4.50. The van der Waals surface area contributed by atoms with Crippen molar-refractivity contribution in [1.29, 1.82) is 0 Å². The molecule has 96 valence electrons. The van der Waals surface area contributed by atoms with Crippen molar-refractivity contribution in [2.75, 3.05) is 5.32 Å². The maximum atomic E-state index is 11.8. The second kappa shape index (κ2) is 6.16. The Hall–Kier alpha value is -2.13. The number of anilines is 1. The van der Waals surface area contributed by atoms with E-state index in [0.717, 1.165) is 11.1 Å². The van der Waals surface area contributed by atoms with Crippen LogP contribution in [0.15, 0.2) is 48.8 Å². The van der Waals surface area contributed by atoms with Gasteiger partial charge in [0.25, 0.3) is 0 Å². The third-order valence-corrected chi connectivity index (χ3v) is 2.80. The van der Waals surface area contributed by atoms with Crippen LogP contribution in [0.25, 0.3) is 6.08 Å². The van der Waals surface area contributed by atoms with Crippen LogP contribution in [0, 0.1) is 6.92 Å². The minimum Gasteiger partial charge on any atom is -0.322 e. The van der Waals surface area contributed by atoms with Gasteiger partial charge in [-0.25, -0.2) is 0 Å². The fourth-order valence-corrected chi connectivity index (χ4v) is 1.72. The summed E-state index contributed by atoms with van der Waals surface area (Å²) in [5, 5.41) is 3.39. The molecule has 1 amide bonds. The zero-order valence-electron chi connectivity index (χ0n) is 10.4. The van der Waals surface area contributed by atoms with Gasteiger partial charge < -0.3 is 5.32 Å². The lowest BCUT2D eigenvalue weighted by Crippen LogP contribution is -2.08. The monoisotopic (exact) mass is 272 g/mol. The van der Waals surface area contributed by atoms with E-state index in [4.69, 9.17) is 11.6 Å². The van der Waals surface area contributed by atoms with Crippen molar-refractivity contribution in [3.63, 3.8) is 0 Å². The Labute approximate surface area is 116 Å². The van der Waals surface area contributed by atoms with Crippen LogP contribution in [-0.2, 0) is 4.79 Å². The number of pyridine rings is 1. The first kappa shape index (κ1) is 13.3. The largest absolute Gasteiger partial charge is 0.322 e. The number of carbonyl (C=O) groups excluding carboxylic acids is 1. The number of halogens is 1. The molecule has 0 spiro atoms. The SMILES string of the molecule is Cc1ccc(Cl)cc1NC(=O)/C=C/c1cccnc1. The summed E-state index contributed by atoms with van der Waals surface area (Å²) in [5.74, 6) is -0.200. The molecule has 2 rings (SSSR count). The number of aryl methyl sites for hydroxylation is 1. The van der Waals surface area contributed by atoms with E-state index < -0.39 is 0 Å². The molecule has 0 saturated heterocycles. The Morgan fingerprint density at radius 1 is 1.37 bits per heavy atom. The number of benzene rings is 1. The number of hydrogen-bond donors (Lipinski definition) is 1. The third-order valence-electron chi connectivity index (χ3n) is 2.57. The van der Waals surface area contributed by atoms with Crippen molar-refractivity contribution in [2.45, 2.75) is 6.92 Å². The van der Waals surface area contributed by atoms with Crippen LogP contribution >= 0.6 is 11.6 Å². The first-order valence-electron chi connectivity index (χ1n) is 5.80. The highest BCUT2D eigenvalue weighted by atomic mass is 35.5. The van der Waals surface area contributed by atoms with Gasteiger partial charge in [-0.2, -0.15) is 0 Å². The summed E-state index contributed by atoms with van der Waals surface area (Å²) in [4.78, 5) is 15.8. The number of amides is 1. The van der Waals surface area contributed by atoms with Crippen LogP contribution in [-0.4, -0.2) is 10.9 Å². The average molecular weight is 273 g/mol. The van der Waals surface area contributed by atoms with Gasteiger partial charge in [0.1, 0.15) is 0 Å². The van der Waals surface area contributed by atoms with E-state index in [1.165, 1.54) is 6.08 Å². The van der Waals surface area contributed by atoms with Crippen LogP contribution in [0.3, 0.4) is 0 Å². The van der Waals surface area contributed by atoms with E-state index in [0.29, 0.717) is 10.7 Å². The lowest BCUT2D eigenvalue weighted by molar-refractivity contribution is -0.111. The Kier molecular flexibility index (Phi) is 4.31. The highest BCUT2D eigenvalue weighted by Crippen LogP contribution is 2.20. The van der Waals surface area contributed by atoms with Crippen molar-refractivity contribution in [3.05, 3.63) is 65.0 Å². The predicted octanol–water partition coefficient (Wildman–Crippen LogP) is 3.70. The number of hydrogen-bond acceptors (Lipinski definition) is 2. The second-order valence-electron chi connectivity index (χ2n) is 4.07. The topological polar surface area (TPSA) is 42.0 Å². The van der Waals surface area contributed by atoms with Crippen molar-refractivity contribution >= 4 is 29.3 Å². The summed E-state index contributed by atoms with van der Waals surface area (Å²) >= 11 is 5.90. The van der Waals surface area contributed by atoms with Crippen molar-refractivity contribution in [1.82, 2.24) is 4.98 Å². The lowest BCUT2D eigenvalue weighted by atomic mass is 10.2. The maximum absolute atomic E-state index is 11.8. The third kappa shape index (κ3) is 3.93. The molecule has 3 nitrogen and oxygen atoms in total. The number of nitrogens with zero attached hydrogens (tertiary/aromatic N) is 1. The lowest BCUT2D eigenvalue weighted by Gasteiger charge is -2.06. The van der Waals surface area contributed by atoms with Gasteiger partial charge in [-0.05, 0) is 42.3 Å². The van der Waals surface area contributed by atoms with Gasteiger partial charge in [0, 0.05) is 29.2 Å². The Morgan fingerprint density at radius 2 is 2.21 bits per heavy atom. The number of carbonyl (C=O) groups is 1. The molecule has 0 unspecified atom stereocenters. The summed E-state index contributed by atoms with van der Waals surface area (Å²) in [6, 6.07) is 9.08. The Morgan fingerprint density at radius 3 is 2.95 bits per heavy atom. The fourth-order valence-electron chi connectivity index (χ4n) is 1.55. The zero-order chi connectivity index (χ0) is 13.7. The summed E-state index contributed by atoms with van der Waals surface area (Å²) in [5.41, 5.74) is 2.56. The first-order valence-corrected chi connectivity index (χ1v) is 6.18. The normalized spacial score (nSPS) is 10.6. The zero-order valence-corrected chi connectivity index (χ0v) is 11.2. The molecular weight excluding hydrogens is 260 g/mol. The van der Waals surface area contributed by atoms with Gasteiger partial charge in [-0.15, -0.1) is 0 Å². The molecule has 1 aromatic heterocycles. The molecular formula is C15H13ClN2O. The maximum Gasteiger partial charge on any atom is 0.248 e. The highest BCUT2D eigenvalue weighted by molar-refractivity contribution is 6.31. The Balaban J connectivity index is 2.06. The Bertz CT molecular complexity index is 609. The molecule has 0 radical (unpaired) electrons. The summed E-state index contributed by atoms with van der Waals surface area (Å²) in [7, 11) is 0. The van der Waals surface area contributed by atoms with Crippen molar-refractivity contribution in [3.8, 4) is 0 Å². The summed E-state index contributed by atoms with van der Waals surface area (Å²) in [6.45, 7) is 1.91. The number of rotatable bonds is 3. The summed E-state index contributed by atoms with van der Waals surface area (Å²) < 4.78 is 0. The molecule has 4 heteroatoms. The van der Waals surface area contributed by atoms with Gasteiger partial charge in [0.15, 0.2) is 0 Å². The van der Waals surface area contributed by atoms with Gasteiger partial charge in [-0.1, -0.05) is 23.7 Å². The van der Waals surface area contributed by atoms with Crippen LogP contribution in [0.1, 0.15) is 11.1 Å². The van der Waals surface area contributed by atoms with Crippen molar-refractivity contribution < 1.29 is 4.79 Å². The van der Waals surface area contributed by atoms with Gasteiger partial charge in [-0.3, -0.25) is 9.78 Å². The standard InChI is InChI=1S/C15H13ClN2O/c1-11-4-6-13(16)9-14(11)18-15(19)7-5-12-3-2-8-17-10-12/h2-10H,1H3,(H,18,19)/b7-5+. The molecule has 19 heavy (non-hydrogen) atoms. The number of aromatic nitrogens is 1. The van der Waals surface area contributed by atoms with Crippen LogP contribution in [0.2, 0.25) is 5.02 Å². The number of nitrogens with one attached hydrogen (secondary N) is 1. The van der Waals surface area contributed by atoms with Crippen molar-refractivity contribution in [2.24, 2.45) is 0 Å². The molecule has 0 aliphatic rings. The van der Waals surface area contributed by atoms with Gasteiger partial charge >= 0.3 is 0 Å². The molecule has 1 aromatic carbocycles. The summed E-state index contributed by atoms with van der Waals surface area (Å²) in [6.07, 6.45) is 6.56. The van der Waals surface area contributed by atoms with E-state index >= 15 is 0 Å². The van der Waals surface area contributed by atoms with E-state index in [-0.39, 0.29) is 5.91 Å². The molecule has 0 saturated carbocycles. The van der Waals surface area contributed by atoms with E-state index in [1.807, 2.05) is 25.1 Å². The molecule has 0 bridgehead atoms. The van der Waals surface area contributed by atoms with Gasteiger partial charge in [0.05, 0.1) is 0 Å². The average Bonchev–Trinajstić information content (AvgIpc) is 2.42. The molecule has 1 N–H and O–H groups in total. The minimum absolute atomic E-state index is 0.200. The molecule has 0 fully saturated rings. The fraction of sp³-hybridized carbons (Fsp3) is 0.0667. The quantitative estimate of drug-likeness (QED) is 0.866. The molecule has 1 heterocycles. The van der Waals surface area contributed by atoms with Gasteiger partial charge in [0.2, 0.25) is 5.91 Å². The molecule has 0 atom stereocenters. The van der Waals surface area contributed by atoms with Crippen LogP contribution in [0.5, 0.6) is 0 Å². The minimum atomic E-state index is -0.200.